The van der Waals surface area contributed by atoms with E-state index in [4.69, 9.17) is 0 Å². The fourth-order valence-corrected chi connectivity index (χ4v) is 6.18. The Labute approximate surface area is 161 Å². The van der Waals surface area contributed by atoms with Gasteiger partial charge in [-0.25, -0.2) is 0 Å². The molecule has 0 saturated heterocycles. The zero-order chi connectivity index (χ0) is 18.6. The molecule has 1 heterocycles. The average molecular weight is 357 g/mol. The number of carbonyl (C=O) groups excluding carboxylic acids is 1. The highest BCUT2D eigenvalue weighted by Gasteiger charge is 2.58. The molecule has 1 saturated carbocycles. The van der Waals surface area contributed by atoms with Crippen LogP contribution < -0.4 is 4.90 Å². The number of carbonyl (C=O) groups is 1. The zero-order valence-electron chi connectivity index (χ0n) is 16.3. The number of benzene rings is 2. The van der Waals surface area contributed by atoms with Crippen LogP contribution in [0.25, 0.3) is 11.1 Å². The van der Waals surface area contributed by atoms with Gasteiger partial charge in [0.1, 0.15) is 0 Å². The predicted octanol–water partition coefficient (Wildman–Crippen LogP) is 5.93. The maximum Gasteiger partial charge on any atom is 0.237 e. The molecule has 1 atom stereocenters. The van der Waals surface area contributed by atoms with Gasteiger partial charge in [0.25, 0.3) is 0 Å². The van der Waals surface area contributed by atoms with Gasteiger partial charge in [-0.05, 0) is 54.4 Å². The summed E-state index contributed by atoms with van der Waals surface area (Å²) in [5, 5.41) is 0. The number of hydrogen-bond donors (Lipinski definition) is 0. The number of hydrogen-bond acceptors (Lipinski definition) is 1. The van der Waals surface area contributed by atoms with Crippen molar-refractivity contribution in [3.05, 3.63) is 65.7 Å². The van der Waals surface area contributed by atoms with Crippen LogP contribution in [0.1, 0.15) is 56.6 Å². The molecule has 138 valence electrons. The smallest absolute Gasteiger partial charge is 0.237 e. The summed E-state index contributed by atoms with van der Waals surface area (Å²) < 4.78 is 0. The summed E-state index contributed by atoms with van der Waals surface area (Å²) >= 11 is 0. The molecule has 2 heteroatoms. The van der Waals surface area contributed by atoms with Crippen molar-refractivity contribution in [3.63, 3.8) is 0 Å². The maximum atomic E-state index is 13.6. The van der Waals surface area contributed by atoms with Crippen LogP contribution in [0, 0.1) is 10.8 Å². The Kier molecular flexibility index (Phi) is 3.62. The minimum absolute atomic E-state index is 0.137. The van der Waals surface area contributed by atoms with Crippen LogP contribution in [0.15, 0.2) is 54.6 Å². The highest BCUT2D eigenvalue weighted by Crippen LogP contribution is 2.67. The van der Waals surface area contributed by atoms with Crippen LogP contribution in [0.2, 0.25) is 0 Å². The molecule has 1 spiro atoms. The molecule has 1 unspecified atom stereocenters. The second kappa shape index (κ2) is 5.82. The van der Waals surface area contributed by atoms with Gasteiger partial charge >= 0.3 is 0 Å². The maximum absolute atomic E-state index is 13.6. The van der Waals surface area contributed by atoms with Crippen LogP contribution in [-0.2, 0) is 4.79 Å². The largest absolute Gasteiger partial charge is 0.314 e. The lowest BCUT2D eigenvalue weighted by atomic mass is 9.66. The molecule has 2 nitrogen and oxygen atoms in total. The Morgan fingerprint density at radius 1 is 0.852 bits per heavy atom. The van der Waals surface area contributed by atoms with Gasteiger partial charge in [0.2, 0.25) is 5.91 Å². The third-order valence-electron chi connectivity index (χ3n) is 7.21. The standard InChI is InChI=1S/C25H27NO/c1-24-17-25(15-9-4-10-16-25)21(18-11-5-3-6-12-18)22(24)19-13-7-8-14-20(19)26(2)23(24)27/h3,5-8,11-14H,4,9-10,15-17H2,1-2H3. The summed E-state index contributed by atoms with van der Waals surface area (Å²) in [7, 11) is 1.94. The quantitative estimate of drug-likeness (QED) is 0.619. The molecule has 2 aliphatic carbocycles. The van der Waals surface area contributed by atoms with E-state index in [1.807, 2.05) is 18.0 Å². The molecular weight excluding hydrogens is 330 g/mol. The van der Waals surface area contributed by atoms with Crippen LogP contribution in [0.3, 0.4) is 0 Å². The van der Waals surface area contributed by atoms with Crippen molar-refractivity contribution in [3.8, 4) is 0 Å². The Bertz CT molecular complexity index is 936. The van der Waals surface area contributed by atoms with Crippen molar-refractivity contribution in [1.82, 2.24) is 0 Å². The Morgan fingerprint density at radius 3 is 2.26 bits per heavy atom. The summed E-state index contributed by atoms with van der Waals surface area (Å²) in [6, 6.07) is 19.3. The normalized spacial score (nSPS) is 26.3. The van der Waals surface area contributed by atoms with Crippen LogP contribution in [0.5, 0.6) is 0 Å². The van der Waals surface area contributed by atoms with Crippen molar-refractivity contribution in [2.24, 2.45) is 10.8 Å². The number of fused-ring (bicyclic) bond motifs is 3. The Hall–Kier alpha value is -2.35. The number of rotatable bonds is 1. The minimum Gasteiger partial charge on any atom is -0.314 e. The first kappa shape index (κ1) is 16.8. The minimum atomic E-state index is -0.425. The molecule has 0 N–H and O–H groups in total. The fourth-order valence-electron chi connectivity index (χ4n) is 6.18. The van der Waals surface area contributed by atoms with Crippen molar-refractivity contribution >= 4 is 22.7 Å². The van der Waals surface area contributed by atoms with Crippen molar-refractivity contribution in [2.45, 2.75) is 45.4 Å². The number of para-hydroxylation sites is 1. The van der Waals surface area contributed by atoms with Gasteiger partial charge in [-0.3, -0.25) is 4.79 Å². The topological polar surface area (TPSA) is 20.3 Å². The molecule has 27 heavy (non-hydrogen) atoms. The SMILES string of the molecule is CN1C(=O)C2(C)CC3(CCCCC3)C(c3ccccc3)=C2c2ccccc21. The molecule has 3 aliphatic rings. The lowest BCUT2D eigenvalue weighted by Crippen LogP contribution is -2.44. The summed E-state index contributed by atoms with van der Waals surface area (Å²) in [6.07, 6.45) is 7.22. The van der Waals surface area contributed by atoms with Crippen LogP contribution in [-0.4, -0.2) is 13.0 Å². The summed E-state index contributed by atoms with van der Waals surface area (Å²) in [4.78, 5) is 15.5. The third-order valence-corrected chi connectivity index (χ3v) is 7.21. The van der Waals surface area contributed by atoms with E-state index < -0.39 is 5.41 Å². The number of allylic oxidation sites excluding steroid dienone is 1. The van der Waals surface area contributed by atoms with E-state index in [0.29, 0.717) is 0 Å². The second-order valence-electron chi connectivity index (χ2n) is 8.85. The molecule has 2 aromatic rings. The summed E-state index contributed by atoms with van der Waals surface area (Å²) in [5.74, 6) is 0.257. The third kappa shape index (κ3) is 2.22. The van der Waals surface area contributed by atoms with E-state index in [1.165, 1.54) is 54.4 Å². The van der Waals surface area contributed by atoms with E-state index >= 15 is 0 Å². The lowest BCUT2D eigenvalue weighted by Gasteiger charge is -2.40. The van der Waals surface area contributed by atoms with Gasteiger partial charge < -0.3 is 4.90 Å². The molecule has 0 radical (unpaired) electrons. The first-order valence-electron chi connectivity index (χ1n) is 10.3. The monoisotopic (exact) mass is 357 g/mol. The molecule has 0 aromatic heterocycles. The Morgan fingerprint density at radius 2 is 1.52 bits per heavy atom. The van der Waals surface area contributed by atoms with E-state index in [9.17, 15) is 4.79 Å². The van der Waals surface area contributed by atoms with Gasteiger partial charge in [0.05, 0.1) is 11.1 Å². The average Bonchev–Trinajstić information content (AvgIpc) is 2.96. The lowest BCUT2D eigenvalue weighted by molar-refractivity contribution is -0.125. The highest BCUT2D eigenvalue weighted by molar-refractivity contribution is 6.18. The molecule has 2 aromatic carbocycles. The van der Waals surface area contributed by atoms with Gasteiger partial charge in [-0.15, -0.1) is 0 Å². The van der Waals surface area contributed by atoms with E-state index in [1.54, 1.807) is 0 Å². The predicted molar refractivity (Wildman–Crippen MR) is 111 cm³/mol. The summed E-state index contributed by atoms with van der Waals surface area (Å²) in [5.41, 5.74) is 6.09. The molecule has 1 fully saturated rings. The van der Waals surface area contributed by atoms with E-state index in [-0.39, 0.29) is 11.3 Å². The van der Waals surface area contributed by atoms with Crippen molar-refractivity contribution in [1.29, 1.82) is 0 Å². The van der Waals surface area contributed by atoms with Crippen LogP contribution in [0.4, 0.5) is 5.69 Å². The molecule has 1 aliphatic heterocycles. The van der Waals surface area contributed by atoms with E-state index in [0.717, 1.165) is 12.1 Å². The molecule has 1 amide bonds. The molecule has 5 rings (SSSR count). The summed E-state index contributed by atoms with van der Waals surface area (Å²) in [6.45, 7) is 2.20. The van der Waals surface area contributed by atoms with Gasteiger partial charge in [0.15, 0.2) is 0 Å². The van der Waals surface area contributed by atoms with Gasteiger partial charge in [0, 0.05) is 12.6 Å². The zero-order valence-corrected chi connectivity index (χ0v) is 16.3. The first-order chi connectivity index (χ1) is 13.1. The fraction of sp³-hybridized carbons (Fsp3) is 0.400. The van der Waals surface area contributed by atoms with Crippen molar-refractivity contribution in [2.75, 3.05) is 11.9 Å². The van der Waals surface area contributed by atoms with Crippen molar-refractivity contribution < 1.29 is 4.79 Å². The van der Waals surface area contributed by atoms with E-state index in [2.05, 4.69) is 55.5 Å². The van der Waals surface area contributed by atoms with Gasteiger partial charge in [-0.1, -0.05) is 67.8 Å². The Balaban J connectivity index is 1.86. The second-order valence-corrected chi connectivity index (χ2v) is 8.85. The number of nitrogens with zero attached hydrogens (tertiary/aromatic N) is 1. The van der Waals surface area contributed by atoms with Gasteiger partial charge in [-0.2, -0.15) is 0 Å². The first-order valence-corrected chi connectivity index (χ1v) is 10.3. The molecule has 0 bridgehead atoms. The van der Waals surface area contributed by atoms with Crippen LogP contribution >= 0.6 is 0 Å². The molecular formula is C25H27NO. The number of amides is 1. The highest BCUT2D eigenvalue weighted by atomic mass is 16.2. The number of anilines is 1.